The summed E-state index contributed by atoms with van der Waals surface area (Å²) in [5.74, 6) is 0. The van der Waals surface area contributed by atoms with Crippen molar-refractivity contribution in [3.05, 3.63) is 127 Å². The lowest BCUT2D eigenvalue weighted by molar-refractivity contribution is 0.669. The maximum absolute atomic E-state index is 6.04. The largest absolute Gasteiger partial charge is 0.456 e. The average Bonchev–Trinajstić information content (AvgIpc) is 3.66. The van der Waals surface area contributed by atoms with Gasteiger partial charge in [-0.05, 0) is 59.7 Å². The summed E-state index contributed by atoms with van der Waals surface area (Å²) < 4.78 is 11.1. The van der Waals surface area contributed by atoms with E-state index in [1.807, 2.05) is 23.5 Å². The Morgan fingerprint density at radius 1 is 0.487 bits per heavy atom. The first-order valence-corrected chi connectivity index (χ1v) is 14.0. The Bertz CT molecular complexity index is 2380. The van der Waals surface area contributed by atoms with Gasteiger partial charge in [-0.2, -0.15) is 0 Å². The van der Waals surface area contributed by atoms with E-state index in [0.717, 1.165) is 21.9 Å². The van der Waals surface area contributed by atoms with Crippen molar-refractivity contribution < 1.29 is 4.42 Å². The van der Waals surface area contributed by atoms with Gasteiger partial charge in [0.25, 0.3) is 0 Å². The summed E-state index contributed by atoms with van der Waals surface area (Å²) in [6.45, 7) is 0. The van der Waals surface area contributed by atoms with Gasteiger partial charge in [-0.1, -0.05) is 78.9 Å². The lowest BCUT2D eigenvalue weighted by Gasteiger charge is -2.09. The summed E-state index contributed by atoms with van der Waals surface area (Å²) in [7, 11) is 0. The highest BCUT2D eigenvalue weighted by Crippen LogP contribution is 2.43. The van der Waals surface area contributed by atoms with Crippen LogP contribution in [-0.2, 0) is 0 Å². The molecule has 0 saturated heterocycles. The number of thiophene rings is 1. The Morgan fingerprint density at radius 2 is 1.21 bits per heavy atom. The highest BCUT2D eigenvalue weighted by atomic mass is 32.1. The van der Waals surface area contributed by atoms with Gasteiger partial charge < -0.3 is 8.98 Å². The van der Waals surface area contributed by atoms with E-state index in [0.29, 0.717) is 0 Å². The molecule has 0 amide bonds. The third-order valence-corrected chi connectivity index (χ3v) is 9.22. The molecule has 6 aromatic carbocycles. The van der Waals surface area contributed by atoms with E-state index in [1.165, 1.54) is 58.8 Å². The standard InChI is InChI=1S/C36H21NOS/c1-4-10-30-28(9-1)35-31(19-18-27-26-8-3-6-12-34(26)39-36(27)35)37(30)24-16-13-22(14-17-24)23-15-20-33-29(21-23)25-7-2-5-11-32(25)38-33/h1-21H. The Balaban J connectivity index is 1.24. The second-order valence-corrected chi connectivity index (χ2v) is 11.2. The monoisotopic (exact) mass is 515 g/mol. The first-order chi connectivity index (χ1) is 19.3. The average molecular weight is 516 g/mol. The number of fused-ring (bicyclic) bond motifs is 10. The highest BCUT2D eigenvalue weighted by molar-refractivity contribution is 7.26. The molecule has 182 valence electrons. The molecule has 0 spiro atoms. The van der Waals surface area contributed by atoms with Crippen LogP contribution in [-0.4, -0.2) is 4.57 Å². The van der Waals surface area contributed by atoms with Crippen LogP contribution in [0.1, 0.15) is 0 Å². The fourth-order valence-electron chi connectivity index (χ4n) is 6.22. The number of para-hydroxylation sites is 2. The number of aromatic nitrogens is 1. The zero-order valence-corrected chi connectivity index (χ0v) is 21.7. The van der Waals surface area contributed by atoms with Crippen LogP contribution >= 0.6 is 11.3 Å². The second-order valence-electron chi connectivity index (χ2n) is 10.1. The van der Waals surface area contributed by atoms with Crippen molar-refractivity contribution in [3.63, 3.8) is 0 Å². The summed E-state index contributed by atoms with van der Waals surface area (Å²) in [6.07, 6.45) is 0. The molecule has 9 rings (SSSR count). The summed E-state index contributed by atoms with van der Waals surface area (Å²) in [4.78, 5) is 0. The fourth-order valence-corrected chi connectivity index (χ4v) is 7.48. The number of hydrogen-bond donors (Lipinski definition) is 0. The van der Waals surface area contributed by atoms with E-state index in [2.05, 4.69) is 120 Å². The zero-order chi connectivity index (χ0) is 25.5. The van der Waals surface area contributed by atoms with Gasteiger partial charge in [-0.15, -0.1) is 11.3 Å². The normalized spacial score (nSPS) is 12.1. The Labute approximate surface area is 227 Å². The maximum Gasteiger partial charge on any atom is 0.135 e. The van der Waals surface area contributed by atoms with Crippen molar-refractivity contribution in [1.29, 1.82) is 0 Å². The van der Waals surface area contributed by atoms with Gasteiger partial charge in [0.1, 0.15) is 11.2 Å². The number of benzene rings is 6. The van der Waals surface area contributed by atoms with E-state index in [4.69, 9.17) is 4.42 Å². The molecule has 2 nitrogen and oxygen atoms in total. The minimum absolute atomic E-state index is 0.925. The first-order valence-electron chi connectivity index (χ1n) is 13.2. The van der Waals surface area contributed by atoms with Gasteiger partial charge in [0, 0.05) is 47.4 Å². The van der Waals surface area contributed by atoms with E-state index in [1.54, 1.807) is 0 Å². The third-order valence-electron chi connectivity index (χ3n) is 8.02. The molecule has 39 heavy (non-hydrogen) atoms. The lowest BCUT2D eigenvalue weighted by atomic mass is 10.0. The maximum atomic E-state index is 6.04. The van der Waals surface area contributed by atoms with Crippen LogP contribution in [0.25, 0.3) is 80.7 Å². The van der Waals surface area contributed by atoms with Crippen LogP contribution in [0.3, 0.4) is 0 Å². The van der Waals surface area contributed by atoms with Crippen molar-refractivity contribution >= 4 is 75.3 Å². The van der Waals surface area contributed by atoms with Crippen molar-refractivity contribution in [2.75, 3.05) is 0 Å². The SMILES string of the molecule is c1ccc2c(c1)oc1ccc(-c3ccc(-n4c5ccccc5c5c6sc7ccccc7c6ccc54)cc3)cc12. The van der Waals surface area contributed by atoms with E-state index < -0.39 is 0 Å². The zero-order valence-electron chi connectivity index (χ0n) is 20.9. The minimum atomic E-state index is 0.925. The molecule has 0 N–H and O–H groups in total. The number of hydrogen-bond acceptors (Lipinski definition) is 2. The molecule has 0 fully saturated rings. The van der Waals surface area contributed by atoms with Gasteiger partial charge in [-0.3, -0.25) is 0 Å². The molecule has 3 heteroatoms. The molecule has 0 radical (unpaired) electrons. The molecular weight excluding hydrogens is 494 g/mol. The second kappa shape index (κ2) is 7.83. The molecule has 9 aromatic rings. The van der Waals surface area contributed by atoms with E-state index in [9.17, 15) is 0 Å². The van der Waals surface area contributed by atoms with Crippen molar-refractivity contribution in [2.24, 2.45) is 0 Å². The van der Waals surface area contributed by atoms with E-state index >= 15 is 0 Å². The van der Waals surface area contributed by atoms with Gasteiger partial charge in [0.15, 0.2) is 0 Å². The predicted octanol–water partition coefficient (Wildman–Crippen LogP) is 10.7. The molecule has 0 unspecified atom stereocenters. The fraction of sp³-hybridized carbons (Fsp3) is 0. The first kappa shape index (κ1) is 21.1. The Kier molecular flexibility index (Phi) is 4.24. The van der Waals surface area contributed by atoms with Crippen molar-refractivity contribution in [3.8, 4) is 16.8 Å². The molecular formula is C36H21NOS. The molecule has 0 bridgehead atoms. The molecule has 3 heterocycles. The predicted molar refractivity (Wildman–Crippen MR) is 166 cm³/mol. The van der Waals surface area contributed by atoms with Gasteiger partial charge >= 0.3 is 0 Å². The van der Waals surface area contributed by atoms with Gasteiger partial charge in [0.05, 0.1) is 11.0 Å². The summed E-state index contributed by atoms with van der Waals surface area (Å²) >= 11 is 1.90. The summed E-state index contributed by atoms with van der Waals surface area (Å²) in [6, 6.07) is 45.8. The quantitative estimate of drug-likeness (QED) is 0.224. The van der Waals surface area contributed by atoms with Crippen LogP contribution in [0.4, 0.5) is 0 Å². The summed E-state index contributed by atoms with van der Waals surface area (Å²) in [5.41, 5.74) is 7.88. The molecule has 0 saturated carbocycles. The van der Waals surface area contributed by atoms with Gasteiger partial charge in [-0.25, -0.2) is 0 Å². The van der Waals surface area contributed by atoms with Gasteiger partial charge in [0.2, 0.25) is 0 Å². The molecule has 0 aliphatic rings. The number of rotatable bonds is 2. The Hall–Kier alpha value is -4.86. The smallest absolute Gasteiger partial charge is 0.135 e. The van der Waals surface area contributed by atoms with Crippen LogP contribution in [0, 0.1) is 0 Å². The molecule has 0 atom stereocenters. The van der Waals surface area contributed by atoms with Crippen LogP contribution < -0.4 is 0 Å². The number of furan rings is 1. The Morgan fingerprint density at radius 3 is 2.10 bits per heavy atom. The van der Waals surface area contributed by atoms with Crippen LogP contribution in [0.5, 0.6) is 0 Å². The minimum Gasteiger partial charge on any atom is -0.456 e. The topological polar surface area (TPSA) is 18.1 Å². The van der Waals surface area contributed by atoms with E-state index in [-0.39, 0.29) is 0 Å². The van der Waals surface area contributed by atoms with Crippen LogP contribution in [0.15, 0.2) is 132 Å². The molecule has 0 aliphatic heterocycles. The van der Waals surface area contributed by atoms with Crippen molar-refractivity contribution in [1.82, 2.24) is 4.57 Å². The molecule has 3 aromatic heterocycles. The summed E-state index contributed by atoms with van der Waals surface area (Å²) in [5, 5.41) is 7.62. The highest BCUT2D eigenvalue weighted by Gasteiger charge is 2.17. The third kappa shape index (κ3) is 2.96. The van der Waals surface area contributed by atoms with Crippen molar-refractivity contribution in [2.45, 2.75) is 0 Å². The lowest BCUT2D eigenvalue weighted by Crippen LogP contribution is -1.93. The number of nitrogens with zero attached hydrogens (tertiary/aromatic N) is 1. The van der Waals surface area contributed by atoms with Crippen LogP contribution in [0.2, 0.25) is 0 Å². The molecule has 0 aliphatic carbocycles.